The second-order valence-electron chi connectivity index (χ2n) is 5.36. The quantitative estimate of drug-likeness (QED) is 0.679. The topological polar surface area (TPSA) is 64.4 Å². The molecule has 0 bridgehead atoms. The van der Waals surface area contributed by atoms with Crippen LogP contribution in [0.3, 0.4) is 0 Å². The average Bonchev–Trinajstić information content (AvgIpc) is 2.66. The molecule has 0 aliphatic rings. The van der Waals surface area contributed by atoms with E-state index in [0.29, 0.717) is 41.7 Å². The number of nitrogens with zero attached hydrogens (tertiary/aromatic N) is 2. The lowest BCUT2D eigenvalue weighted by Crippen LogP contribution is -2.00. The number of benzene rings is 2. The number of hydrogen-bond acceptors (Lipinski definition) is 5. The molecule has 0 amide bonds. The Morgan fingerprint density at radius 2 is 1.84 bits per heavy atom. The SMILES string of the molecule is CCOc1nc2cc(OCc3ccccc3)c(OC)cc2cc1C#N. The van der Waals surface area contributed by atoms with E-state index in [0.717, 1.165) is 10.9 Å². The van der Waals surface area contributed by atoms with Gasteiger partial charge in [-0.15, -0.1) is 0 Å². The van der Waals surface area contributed by atoms with Crippen molar-refractivity contribution in [2.24, 2.45) is 0 Å². The first-order valence-corrected chi connectivity index (χ1v) is 7.97. The normalized spacial score (nSPS) is 10.3. The van der Waals surface area contributed by atoms with Crippen LogP contribution in [0, 0.1) is 11.3 Å². The van der Waals surface area contributed by atoms with Crippen molar-refractivity contribution in [3.05, 3.63) is 59.7 Å². The Morgan fingerprint density at radius 1 is 1.04 bits per heavy atom. The summed E-state index contributed by atoms with van der Waals surface area (Å²) >= 11 is 0. The molecular weight excluding hydrogens is 316 g/mol. The highest BCUT2D eigenvalue weighted by Gasteiger charge is 2.13. The van der Waals surface area contributed by atoms with Crippen LogP contribution in [0.4, 0.5) is 0 Å². The summed E-state index contributed by atoms with van der Waals surface area (Å²) < 4.78 is 16.8. The Balaban J connectivity index is 1.98. The Morgan fingerprint density at radius 3 is 2.52 bits per heavy atom. The molecule has 3 rings (SSSR count). The van der Waals surface area contributed by atoms with Crippen LogP contribution in [0.2, 0.25) is 0 Å². The van der Waals surface area contributed by atoms with Gasteiger partial charge in [-0.05, 0) is 24.6 Å². The number of ether oxygens (including phenoxy) is 3. The van der Waals surface area contributed by atoms with Gasteiger partial charge in [0.25, 0.3) is 0 Å². The molecule has 0 radical (unpaired) electrons. The first-order valence-electron chi connectivity index (χ1n) is 7.97. The lowest BCUT2D eigenvalue weighted by atomic mass is 10.1. The molecule has 0 unspecified atom stereocenters. The third-order valence-electron chi connectivity index (χ3n) is 3.70. The second kappa shape index (κ2) is 7.54. The number of nitriles is 1. The summed E-state index contributed by atoms with van der Waals surface area (Å²) in [4.78, 5) is 4.45. The number of pyridine rings is 1. The van der Waals surface area contributed by atoms with Gasteiger partial charge in [-0.2, -0.15) is 5.26 Å². The molecule has 5 nitrogen and oxygen atoms in total. The summed E-state index contributed by atoms with van der Waals surface area (Å²) in [6.07, 6.45) is 0. The fraction of sp³-hybridized carbons (Fsp3) is 0.200. The van der Waals surface area contributed by atoms with E-state index < -0.39 is 0 Å². The van der Waals surface area contributed by atoms with E-state index in [1.54, 1.807) is 19.2 Å². The molecule has 0 aliphatic heterocycles. The van der Waals surface area contributed by atoms with Gasteiger partial charge in [0, 0.05) is 11.5 Å². The van der Waals surface area contributed by atoms with E-state index in [1.807, 2.05) is 43.3 Å². The van der Waals surface area contributed by atoms with Crippen molar-refractivity contribution < 1.29 is 14.2 Å². The summed E-state index contributed by atoms with van der Waals surface area (Å²) in [5.74, 6) is 1.52. The summed E-state index contributed by atoms with van der Waals surface area (Å²) in [7, 11) is 1.59. The van der Waals surface area contributed by atoms with Crippen LogP contribution < -0.4 is 14.2 Å². The molecule has 25 heavy (non-hydrogen) atoms. The maximum Gasteiger partial charge on any atom is 0.232 e. The molecule has 0 atom stereocenters. The maximum atomic E-state index is 9.27. The highest BCUT2D eigenvalue weighted by molar-refractivity contribution is 5.84. The highest BCUT2D eigenvalue weighted by atomic mass is 16.5. The first kappa shape index (κ1) is 16.6. The molecule has 0 fully saturated rings. The van der Waals surface area contributed by atoms with E-state index in [4.69, 9.17) is 14.2 Å². The van der Waals surface area contributed by atoms with Crippen LogP contribution in [0.15, 0.2) is 48.5 Å². The van der Waals surface area contributed by atoms with Gasteiger partial charge in [-0.25, -0.2) is 4.98 Å². The Bertz CT molecular complexity index is 918. The van der Waals surface area contributed by atoms with Gasteiger partial charge in [0.2, 0.25) is 5.88 Å². The number of hydrogen-bond donors (Lipinski definition) is 0. The first-order chi connectivity index (χ1) is 12.2. The van der Waals surface area contributed by atoms with E-state index in [-0.39, 0.29) is 0 Å². The zero-order valence-electron chi connectivity index (χ0n) is 14.2. The molecule has 0 spiro atoms. The minimum absolute atomic E-state index is 0.330. The van der Waals surface area contributed by atoms with Gasteiger partial charge in [0.15, 0.2) is 11.5 Å². The van der Waals surface area contributed by atoms with Crippen LogP contribution in [0.1, 0.15) is 18.1 Å². The maximum absolute atomic E-state index is 9.27. The van der Waals surface area contributed by atoms with Gasteiger partial charge >= 0.3 is 0 Å². The monoisotopic (exact) mass is 334 g/mol. The van der Waals surface area contributed by atoms with E-state index >= 15 is 0 Å². The average molecular weight is 334 g/mol. The predicted octanol–water partition coefficient (Wildman–Crippen LogP) is 4.09. The summed E-state index contributed by atoms with van der Waals surface area (Å²) in [5, 5.41) is 10.1. The zero-order chi connectivity index (χ0) is 17.6. The molecule has 5 heteroatoms. The zero-order valence-corrected chi connectivity index (χ0v) is 14.2. The van der Waals surface area contributed by atoms with Crippen LogP contribution in [-0.2, 0) is 6.61 Å². The van der Waals surface area contributed by atoms with E-state index in [1.165, 1.54) is 0 Å². The van der Waals surface area contributed by atoms with Crippen molar-refractivity contribution >= 4 is 10.9 Å². The Labute approximate surface area is 146 Å². The van der Waals surface area contributed by atoms with Crippen molar-refractivity contribution in [3.63, 3.8) is 0 Å². The number of methoxy groups -OCH3 is 1. The van der Waals surface area contributed by atoms with Crippen molar-refractivity contribution in [2.45, 2.75) is 13.5 Å². The number of aromatic nitrogens is 1. The highest BCUT2D eigenvalue weighted by Crippen LogP contribution is 2.34. The Hall–Kier alpha value is -3.26. The third-order valence-corrected chi connectivity index (χ3v) is 3.70. The van der Waals surface area contributed by atoms with Crippen LogP contribution >= 0.6 is 0 Å². The lowest BCUT2D eigenvalue weighted by molar-refractivity contribution is 0.285. The molecule has 2 aromatic carbocycles. The number of rotatable bonds is 6. The molecular formula is C20H18N2O3. The fourth-order valence-corrected chi connectivity index (χ4v) is 2.50. The predicted molar refractivity (Wildman–Crippen MR) is 95.0 cm³/mol. The largest absolute Gasteiger partial charge is 0.493 e. The van der Waals surface area contributed by atoms with Gasteiger partial charge in [-0.3, -0.25) is 0 Å². The van der Waals surface area contributed by atoms with Gasteiger partial charge in [0.05, 0.1) is 19.2 Å². The molecule has 126 valence electrons. The molecule has 0 N–H and O–H groups in total. The third kappa shape index (κ3) is 3.64. The Kier molecular flexibility index (Phi) is 5.00. The standard InChI is InChI=1S/C20H18N2O3/c1-3-24-20-16(12-21)9-15-10-18(23-2)19(11-17(15)22-20)25-13-14-7-5-4-6-8-14/h4-11H,3,13H2,1-2H3. The van der Waals surface area contributed by atoms with Crippen molar-refractivity contribution in [3.8, 4) is 23.4 Å². The summed E-state index contributed by atoms with van der Waals surface area (Å²) in [6, 6.07) is 17.4. The smallest absolute Gasteiger partial charge is 0.232 e. The molecule has 0 aliphatic carbocycles. The second-order valence-corrected chi connectivity index (χ2v) is 5.36. The van der Waals surface area contributed by atoms with Crippen LogP contribution in [0.25, 0.3) is 10.9 Å². The van der Waals surface area contributed by atoms with Crippen molar-refractivity contribution in [1.82, 2.24) is 4.98 Å². The summed E-state index contributed by atoms with van der Waals surface area (Å²) in [5.41, 5.74) is 2.15. The van der Waals surface area contributed by atoms with Crippen molar-refractivity contribution in [1.29, 1.82) is 5.26 Å². The van der Waals surface area contributed by atoms with Gasteiger partial charge in [-0.1, -0.05) is 30.3 Å². The molecule has 1 aromatic heterocycles. The number of fused-ring (bicyclic) bond motifs is 1. The minimum Gasteiger partial charge on any atom is -0.493 e. The van der Waals surface area contributed by atoms with Gasteiger partial charge in [0.1, 0.15) is 18.2 Å². The molecule has 0 saturated carbocycles. The lowest BCUT2D eigenvalue weighted by Gasteiger charge is -2.13. The fourth-order valence-electron chi connectivity index (χ4n) is 2.50. The molecule has 3 aromatic rings. The van der Waals surface area contributed by atoms with E-state index in [2.05, 4.69) is 11.1 Å². The minimum atomic E-state index is 0.330. The van der Waals surface area contributed by atoms with Crippen LogP contribution in [0.5, 0.6) is 17.4 Å². The molecule has 0 saturated heterocycles. The van der Waals surface area contributed by atoms with Crippen LogP contribution in [-0.4, -0.2) is 18.7 Å². The van der Waals surface area contributed by atoms with Gasteiger partial charge < -0.3 is 14.2 Å². The van der Waals surface area contributed by atoms with E-state index in [9.17, 15) is 5.26 Å². The van der Waals surface area contributed by atoms with Crippen molar-refractivity contribution in [2.75, 3.05) is 13.7 Å². The molecule has 1 heterocycles. The summed E-state index contributed by atoms with van der Waals surface area (Å²) in [6.45, 7) is 2.73.